The second-order valence-corrected chi connectivity index (χ2v) is 2.81. The molecule has 2 aromatic rings. The van der Waals surface area contributed by atoms with Crippen LogP contribution in [0.2, 0.25) is 0 Å². The molecular formula is C9H10N4O. The smallest absolute Gasteiger partial charge is 0.253 e. The Kier molecular flexibility index (Phi) is 2.14. The number of rotatable bonds is 2. The van der Waals surface area contributed by atoms with Crippen molar-refractivity contribution in [2.75, 3.05) is 7.11 Å². The molecule has 2 aromatic heterocycles. The monoisotopic (exact) mass is 190 g/mol. The minimum atomic E-state index is 0.512. The molecule has 0 N–H and O–H groups in total. The molecule has 2 rings (SSSR count). The summed E-state index contributed by atoms with van der Waals surface area (Å²) in [7, 11) is 1.59. The maximum atomic E-state index is 5.09. The normalized spacial score (nSPS) is 10.1. The molecule has 0 aliphatic carbocycles. The van der Waals surface area contributed by atoms with E-state index in [9.17, 15) is 0 Å². The number of hydrogen-bond donors (Lipinski definition) is 0. The lowest BCUT2D eigenvalue weighted by molar-refractivity contribution is 0.392. The van der Waals surface area contributed by atoms with E-state index in [2.05, 4.69) is 15.1 Å². The van der Waals surface area contributed by atoms with E-state index in [4.69, 9.17) is 4.74 Å². The van der Waals surface area contributed by atoms with Crippen LogP contribution in [0.5, 0.6) is 5.88 Å². The highest BCUT2D eigenvalue weighted by Crippen LogP contribution is 2.13. The van der Waals surface area contributed by atoms with Crippen molar-refractivity contribution in [1.29, 1.82) is 0 Å². The molecule has 0 saturated carbocycles. The number of nitrogens with zero attached hydrogens (tertiary/aromatic N) is 4. The van der Waals surface area contributed by atoms with Crippen molar-refractivity contribution in [3.8, 4) is 11.8 Å². The number of ether oxygens (including phenoxy) is 1. The molecule has 72 valence electrons. The molecule has 0 amide bonds. The van der Waals surface area contributed by atoms with Crippen LogP contribution < -0.4 is 4.74 Å². The topological polar surface area (TPSA) is 52.8 Å². The van der Waals surface area contributed by atoms with Gasteiger partial charge in [-0.2, -0.15) is 10.1 Å². The van der Waals surface area contributed by atoms with E-state index in [1.807, 2.05) is 13.0 Å². The van der Waals surface area contributed by atoms with Crippen LogP contribution in [-0.4, -0.2) is 26.9 Å². The average molecular weight is 190 g/mol. The summed E-state index contributed by atoms with van der Waals surface area (Å²) in [6, 6.07) is 1.82. The maximum Gasteiger partial charge on any atom is 0.253 e. The highest BCUT2D eigenvalue weighted by molar-refractivity contribution is 5.25. The third-order valence-electron chi connectivity index (χ3n) is 1.82. The zero-order valence-corrected chi connectivity index (χ0v) is 8.01. The zero-order valence-electron chi connectivity index (χ0n) is 8.01. The first-order valence-electron chi connectivity index (χ1n) is 4.19. The summed E-state index contributed by atoms with van der Waals surface area (Å²) in [5.41, 5.74) is 0.906. The van der Waals surface area contributed by atoms with Gasteiger partial charge in [0.2, 0.25) is 5.88 Å². The molecule has 0 aliphatic rings. The van der Waals surface area contributed by atoms with Crippen LogP contribution in [0.15, 0.2) is 24.7 Å². The lowest BCUT2D eigenvalue weighted by Gasteiger charge is -2.04. The van der Waals surface area contributed by atoms with Gasteiger partial charge in [0.25, 0.3) is 5.95 Å². The van der Waals surface area contributed by atoms with Gasteiger partial charge in [0.05, 0.1) is 7.11 Å². The van der Waals surface area contributed by atoms with Crippen molar-refractivity contribution in [2.45, 2.75) is 6.92 Å². The predicted octanol–water partition coefficient (Wildman–Crippen LogP) is 0.979. The summed E-state index contributed by atoms with van der Waals surface area (Å²) in [4.78, 5) is 8.34. The summed E-state index contributed by atoms with van der Waals surface area (Å²) in [6.07, 6.45) is 5.17. The lowest BCUT2D eigenvalue weighted by Crippen LogP contribution is -2.03. The molecule has 0 unspecified atom stereocenters. The fraction of sp³-hybridized carbons (Fsp3) is 0.222. The van der Waals surface area contributed by atoms with Gasteiger partial charge in [-0.05, 0) is 13.0 Å². The fourth-order valence-electron chi connectivity index (χ4n) is 1.12. The first kappa shape index (κ1) is 8.68. The molecule has 0 bridgehead atoms. The molecule has 0 fully saturated rings. The molecule has 5 nitrogen and oxygen atoms in total. The average Bonchev–Trinajstić information content (AvgIpc) is 2.71. The largest absolute Gasteiger partial charge is 0.481 e. The van der Waals surface area contributed by atoms with Crippen molar-refractivity contribution >= 4 is 0 Å². The van der Waals surface area contributed by atoms with Crippen LogP contribution in [0.4, 0.5) is 0 Å². The third kappa shape index (κ3) is 1.44. The van der Waals surface area contributed by atoms with Gasteiger partial charge < -0.3 is 4.74 Å². The number of aromatic nitrogens is 4. The number of methoxy groups -OCH3 is 1. The first-order valence-corrected chi connectivity index (χ1v) is 4.19. The predicted molar refractivity (Wildman–Crippen MR) is 50.4 cm³/mol. The highest BCUT2D eigenvalue weighted by atomic mass is 16.5. The van der Waals surface area contributed by atoms with Gasteiger partial charge in [0.15, 0.2) is 0 Å². The van der Waals surface area contributed by atoms with Crippen LogP contribution in [0.25, 0.3) is 5.95 Å². The van der Waals surface area contributed by atoms with Crippen molar-refractivity contribution in [2.24, 2.45) is 0 Å². The Hall–Kier alpha value is -1.91. The number of aryl methyl sites for hydroxylation is 1. The van der Waals surface area contributed by atoms with Crippen LogP contribution in [-0.2, 0) is 0 Å². The third-order valence-corrected chi connectivity index (χ3v) is 1.82. The Morgan fingerprint density at radius 2 is 2.29 bits per heavy atom. The van der Waals surface area contributed by atoms with Gasteiger partial charge >= 0.3 is 0 Å². The summed E-state index contributed by atoms with van der Waals surface area (Å²) in [5, 5.41) is 4.03. The molecule has 2 heterocycles. The first-order chi connectivity index (χ1) is 6.81. The summed E-state index contributed by atoms with van der Waals surface area (Å²) >= 11 is 0. The summed E-state index contributed by atoms with van der Waals surface area (Å²) in [6.45, 7) is 1.89. The molecule has 14 heavy (non-hydrogen) atoms. The minimum Gasteiger partial charge on any atom is -0.481 e. The van der Waals surface area contributed by atoms with E-state index in [0.717, 1.165) is 5.56 Å². The zero-order chi connectivity index (χ0) is 9.97. The Labute approximate surface area is 81.4 Å². The molecule has 0 radical (unpaired) electrons. The molecule has 0 spiro atoms. The van der Waals surface area contributed by atoms with Gasteiger partial charge in [-0.25, -0.2) is 9.67 Å². The second kappa shape index (κ2) is 3.45. The molecule has 0 saturated heterocycles. The van der Waals surface area contributed by atoms with Gasteiger partial charge in [-0.15, -0.1) is 0 Å². The lowest BCUT2D eigenvalue weighted by atomic mass is 10.4. The molecule has 0 atom stereocenters. The molecule has 0 aromatic carbocycles. The van der Waals surface area contributed by atoms with E-state index < -0.39 is 0 Å². The molecule has 0 aliphatic heterocycles. The number of hydrogen-bond acceptors (Lipinski definition) is 4. The van der Waals surface area contributed by atoms with Gasteiger partial charge in [0, 0.05) is 24.2 Å². The van der Waals surface area contributed by atoms with E-state index in [-0.39, 0.29) is 0 Å². The van der Waals surface area contributed by atoms with Crippen LogP contribution >= 0.6 is 0 Å². The minimum absolute atomic E-state index is 0.512. The quantitative estimate of drug-likeness (QED) is 0.708. The van der Waals surface area contributed by atoms with Crippen molar-refractivity contribution < 1.29 is 4.74 Å². The van der Waals surface area contributed by atoms with Crippen LogP contribution in [0.1, 0.15) is 5.56 Å². The fourth-order valence-corrected chi connectivity index (χ4v) is 1.12. The Morgan fingerprint density at radius 3 is 2.93 bits per heavy atom. The van der Waals surface area contributed by atoms with Crippen molar-refractivity contribution in [3.63, 3.8) is 0 Å². The van der Waals surface area contributed by atoms with E-state index in [1.54, 1.807) is 30.4 Å². The highest BCUT2D eigenvalue weighted by Gasteiger charge is 2.04. The maximum absolute atomic E-state index is 5.09. The molecule has 5 heteroatoms. The van der Waals surface area contributed by atoms with Gasteiger partial charge in [0.1, 0.15) is 0 Å². The van der Waals surface area contributed by atoms with Crippen molar-refractivity contribution in [3.05, 3.63) is 30.2 Å². The van der Waals surface area contributed by atoms with E-state index in [0.29, 0.717) is 11.8 Å². The SMILES string of the molecule is COc1nc(-n2cccn2)ncc1C. The summed E-state index contributed by atoms with van der Waals surface area (Å²) in [5.74, 6) is 1.09. The second-order valence-electron chi connectivity index (χ2n) is 2.81. The Morgan fingerprint density at radius 1 is 1.43 bits per heavy atom. The molecular weight excluding hydrogens is 180 g/mol. The Balaban J connectivity index is 2.46. The van der Waals surface area contributed by atoms with Crippen molar-refractivity contribution in [1.82, 2.24) is 19.7 Å². The van der Waals surface area contributed by atoms with E-state index >= 15 is 0 Å². The van der Waals surface area contributed by atoms with Gasteiger partial charge in [-0.3, -0.25) is 0 Å². The van der Waals surface area contributed by atoms with E-state index in [1.165, 1.54) is 0 Å². The van der Waals surface area contributed by atoms with Crippen LogP contribution in [0, 0.1) is 6.92 Å². The van der Waals surface area contributed by atoms with Gasteiger partial charge in [-0.1, -0.05) is 0 Å². The standard InChI is InChI=1S/C9H10N4O/c1-7-6-10-9(12-8(7)14-2)13-5-3-4-11-13/h3-6H,1-2H3. The van der Waals surface area contributed by atoms with Crippen LogP contribution in [0.3, 0.4) is 0 Å². The Bertz CT molecular complexity index is 424. The summed E-state index contributed by atoms with van der Waals surface area (Å²) < 4.78 is 6.68.